The Balaban J connectivity index is 0.00000924. The SMILES string of the molecule is [2H]C(C)(C)c1cc(-c2nc3c(-c4[c-]c(-c5cc(-c6ccc(C(C([2H])([2H])[2H])(C([2H])([2H])[2H])C([2H])([2H])[2H])cc6)ccn5)cc(C(C)(C)C)c4)cccc3n2-c2ccc(-c3c(C([2H])(C)C)cccc3C([2H])(C)C)cc2)c(O)c(C([2H])(C)C)c1.[Pt]. The molecule has 0 unspecified atom stereocenters. The van der Waals surface area contributed by atoms with Crippen molar-refractivity contribution in [2.24, 2.45) is 0 Å². The molecule has 0 bridgehead atoms. The second-order valence-corrected chi connectivity index (χ2v) is 19.3. The van der Waals surface area contributed by atoms with E-state index >= 15 is 0 Å². The number of phenols is 1. The van der Waals surface area contributed by atoms with Crippen molar-refractivity contribution < 1.29 is 44.0 Å². The first-order valence-corrected chi connectivity index (χ1v) is 22.5. The van der Waals surface area contributed by atoms with Crippen molar-refractivity contribution in [2.45, 2.75) is 131 Å². The van der Waals surface area contributed by atoms with Crippen LogP contribution >= 0.6 is 0 Å². The summed E-state index contributed by atoms with van der Waals surface area (Å²) in [5, 5.41) is 12.3. The van der Waals surface area contributed by atoms with Crippen LogP contribution in [0.5, 0.6) is 5.75 Å². The molecule has 5 heteroatoms. The van der Waals surface area contributed by atoms with Crippen LogP contribution in [-0.4, -0.2) is 19.6 Å². The Morgan fingerprint density at radius 2 is 1.21 bits per heavy atom. The van der Waals surface area contributed by atoms with Crippen LogP contribution < -0.4 is 0 Å². The first kappa shape index (κ1) is 34.7. The quantitative estimate of drug-likeness (QED) is 0.139. The van der Waals surface area contributed by atoms with Crippen molar-refractivity contribution in [3.63, 3.8) is 0 Å². The second kappa shape index (κ2) is 19.2. The zero-order valence-electron chi connectivity index (χ0n) is 53.2. The number of phenolic OH excluding ortho intramolecular Hbond substituents is 1. The molecule has 2 aromatic heterocycles. The van der Waals surface area contributed by atoms with Gasteiger partial charge in [-0.1, -0.05) is 187 Å². The number of hydrogen-bond donors (Lipinski definition) is 1. The summed E-state index contributed by atoms with van der Waals surface area (Å²) in [5.74, 6) is -4.09. The molecule has 0 amide bonds. The van der Waals surface area contributed by atoms with Crippen molar-refractivity contribution in [3.8, 4) is 67.5 Å². The van der Waals surface area contributed by atoms with E-state index in [4.69, 9.17) is 27.8 Å². The molecule has 0 atom stereocenters. The Morgan fingerprint density at radius 3 is 1.81 bits per heavy atom. The van der Waals surface area contributed by atoms with E-state index < -0.39 is 49.5 Å². The standard InChI is InChI=1S/C62H68N3O.Pt/c1-37(2)44-34-53(40(7)8)59(66)54(35-44)60-64-58-52(19-16-20-56(58)65(60)49-27-23-42(24-28-49)57-50(38(3)4)17-15-18-51(57)39(5)6)45-31-46(33-48(32-45)62(12,13)14)55-36-43(29-30-63-55)41-21-25-47(26-22-41)61(9,10)11;/h15-30,32-40,66H,1-14H3;/q-1;/i9D3,10D3,11D3,37D,38D,39D,40D;. The van der Waals surface area contributed by atoms with Crippen LogP contribution in [0.4, 0.5) is 0 Å². The smallest absolute Gasteiger partial charge is 0.148 e. The van der Waals surface area contributed by atoms with Gasteiger partial charge in [0.2, 0.25) is 0 Å². The molecule has 8 aromatic rings. The zero-order chi connectivity index (χ0) is 58.6. The molecule has 0 spiro atoms. The fourth-order valence-electron chi connectivity index (χ4n) is 8.66. The molecule has 0 saturated heterocycles. The predicted molar refractivity (Wildman–Crippen MR) is 280 cm³/mol. The van der Waals surface area contributed by atoms with E-state index in [1.807, 2.05) is 105 Å². The molecule has 0 radical (unpaired) electrons. The number of fused-ring (bicyclic) bond motifs is 1. The molecule has 0 fully saturated rings. The average molecular weight is 1080 g/mol. The van der Waals surface area contributed by atoms with Gasteiger partial charge in [-0.2, -0.15) is 0 Å². The van der Waals surface area contributed by atoms with Crippen molar-refractivity contribution in [2.75, 3.05) is 0 Å². The summed E-state index contributed by atoms with van der Waals surface area (Å²) < 4.78 is 112. The molecular weight excluding hydrogens is 998 g/mol. The Labute approximate surface area is 433 Å². The van der Waals surface area contributed by atoms with Gasteiger partial charge in [0.1, 0.15) is 11.6 Å². The third-order valence-electron chi connectivity index (χ3n) is 12.4. The van der Waals surface area contributed by atoms with Crippen molar-refractivity contribution in [1.29, 1.82) is 0 Å². The Bertz CT molecular complexity index is 3530. The monoisotopic (exact) mass is 1080 g/mol. The van der Waals surface area contributed by atoms with E-state index in [2.05, 4.69) is 32.9 Å². The molecule has 2 heterocycles. The van der Waals surface area contributed by atoms with E-state index in [9.17, 15) is 5.11 Å². The minimum absolute atomic E-state index is 0. The van der Waals surface area contributed by atoms with E-state index in [-0.39, 0.29) is 37.8 Å². The fourth-order valence-corrected chi connectivity index (χ4v) is 8.66. The van der Waals surface area contributed by atoms with Gasteiger partial charge in [0.05, 0.1) is 16.6 Å². The van der Waals surface area contributed by atoms with Gasteiger partial charge in [0, 0.05) is 56.5 Å². The molecule has 0 saturated carbocycles. The van der Waals surface area contributed by atoms with Crippen LogP contribution in [0.15, 0.2) is 128 Å². The van der Waals surface area contributed by atoms with E-state index in [1.165, 1.54) is 24.3 Å². The fraction of sp³-hybridized carbons (Fsp3) is 0.323. The first-order valence-electron chi connectivity index (χ1n) is 29.0. The molecule has 67 heavy (non-hydrogen) atoms. The number of rotatable bonds is 10. The summed E-state index contributed by atoms with van der Waals surface area (Å²) in [6.07, 6.45) is 1.62. The first-order chi connectivity index (χ1) is 36.2. The third kappa shape index (κ3) is 9.89. The molecule has 348 valence electrons. The maximum atomic E-state index is 12.3. The number of para-hydroxylation sites is 1. The van der Waals surface area contributed by atoms with Gasteiger partial charge in [-0.05, 0) is 115 Å². The second-order valence-electron chi connectivity index (χ2n) is 19.3. The van der Waals surface area contributed by atoms with Crippen LogP contribution in [0.25, 0.3) is 72.7 Å². The normalized spacial score (nSPS) is 16.3. The largest absolute Gasteiger partial charge is 0.507 e. The van der Waals surface area contributed by atoms with Gasteiger partial charge in [0.25, 0.3) is 0 Å². The minimum Gasteiger partial charge on any atom is -0.507 e. The van der Waals surface area contributed by atoms with E-state index in [0.717, 1.165) is 27.8 Å². The van der Waals surface area contributed by atoms with Crippen molar-refractivity contribution in [3.05, 3.63) is 167 Å². The zero-order valence-corrected chi connectivity index (χ0v) is 42.5. The summed E-state index contributed by atoms with van der Waals surface area (Å²) in [7, 11) is 0. The number of imidazole rings is 1. The molecule has 1 N–H and O–H groups in total. The molecule has 4 nitrogen and oxygen atoms in total. The van der Waals surface area contributed by atoms with E-state index in [0.29, 0.717) is 72.7 Å². The number of benzene rings is 6. The van der Waals surface area contributed by atoms with Gasteiger partial charge in [-0.3, -0.25) is 9.55 Å². The molecular formula is C62H68N3OPt-. The van der Waals surface area contributed by atoms with Gasteiger partial charge in [0.15, 0.2) is 0 Å². The van der Waals surface area contributed by atoms with Crippen LogP contribution in [0.1, 0.15) is 171 Å². The van der Waals surface area contributed by atoms with Crippen molar-refractivity contribution in [1.82, 2.24) is 14.5 Å². The average Bonchev–Trinajstić information content (AvgIpc) is 3.71. The number of pyridine rings is 1. The maximum Gasteiger partial charge on any atom is 0.148 e. The Kier molecular flexibility index (Phi) is 9.94. The number of nitrogens with zero attached hydrogens (tertiary/aromatic N) is 3. The molecule has 0 aliphatic carbocycles. The van der Waals surface area contributed by atoms with Crippen molar-refractivity contribution >= 4 is 11.0 Å². The van der Waals surface area contributed by atoms with E-state index in [1.54, 1.807) is 52.1 Å². The molecule has 0 aliphatic heterocycles. The van der Waals surface area contributed by atoms with Crippen LogP contribution in [0, 0.1) is 6.07 Å². The predicted octanol–water partition coefficient (Wildman–Crippen LogP) is 17.3. The summed E-state index contributed by atoms with van der Waals surface area (Å²) in [6, 6.07) is 39.9. The number of aromatic hydroxyl groups is 1. The van der Waals surface area contributed by atoms with Crippen LogP contribution in [0.2, 0.25) is 0 Å². The van der Waals surface area contributed by atoms with Gasteiger partial charge >= 0.3 is 0 Å². The van der Waals surface area contributed by atoms with Gasteiger partial charge in [-0.15, -0.1) is 29.3 Å². The van der Waals surface area contributed by atoms with Crippen LogP contribution in [0.3, 0.4) is 0 Å². The van der Waals surface area contributed by atoms with Crippen LogP contribution in [-0.2, 0) is 31.9 Å². The maximum absolute atomic E-state index is 12.3. The molecule has 8 rings (SSSR count). The Hall–Kier alpha value is -5.57. The summed E-state index contributed by atoms with van der Waals surface area (Å²) >= 11 is 0. The minimum atomic E-state index is -3.40. The summed E-state index contributed by atoms with van der Waals surface area (Å²) in [4.78, 5) is 10.2. The topological polar surface area (TPSA) is 50.9 Å². The van der Waals surface area contributed by atoms with Gasteiger partial charge < -0.3 is 5.11 Å². The van der Waals surface area contributed by atoms with Gasteiger partial charge in [-0.25, -0.2) is 4.98 Å². The number of aromatic nitrogens is 3. The summed E-state index contributed by atoms with van der Waals surface area (Å²) in [5.41, 5.74) is 7.28. The molecule has 0 aliphatic rings. The summed E-state index contributed by atoms with van der Waals surface area (Å²) in [6.45, 7) is 10.4. The molecule has 6 aromatic carbocycles. The third-order valence-corrected chi connectivity index (χ3v) is 12.4. The Morgan fingerprint density at radius 1 is 0.597 bits per heavy atom. The number of hydrogen-bond acceptors (Lipinski definition) is 3.